The molecule has 0 rings (SSSR count). The molecule has 0 amide bonds. The minimum absolute atomic E-state index is 0.145. The van der Waals surface area contributed by atoms with Crippen molar-refractivity contribution in [2.24, 2.45) is 11.8 Å². The summed E-state index contributed by atoms with van der Waals surface area (Å²) < 4.78 is 0. The van der Waals surface area contributed by atoms with Crippen LogP contribution in [-0.2, 0) is 0 Å². The van der Waals surface area contributed by atoms with Gasteiger partial charge in [0.1, 0.15) is 0 Å². The second-order valence-corrected chi connectivity index (χ2v) is 3.69. The van der Waals surface area contributed by atoms with Crippen LogP contribution in [0.2, 0.25) is 0 Å². The maximum atomic E-state index is 10.1. The summed E-state index contributed by atoms with van der Waals surface area (Å²) in [4.78, 5) is 9.71. The molecule has 0 saturated carbocycles. The zero-order chi connectivity index (χ0) is 9.72. The van der Waals surface area contributed by atoms with Gasteiger partial charge < -0.3 is 5.11 Å². The lowest BCUT2D eigenvalue weighted by atomic mass is 9.96. The van der Waals surface area contributed by atoms with E-state index in [1.165, 1.54) is 0 Å². The van der Waals surface area contributed by atoms with Crippen LogP contribution in [0.1, 0.15) is 27.2 Å². The first-order valence-corrected chi connectivity index (χ1v) is 4.23. The molecule has 0 aliphatic rings. The van der Waals surface area contributed by atoms with Crippen LogP contribution in [0, 0.1) is 22.0 Å². The summed E-state index contributed by atoms with van der Waals surface area (Å²) in [5.74, 6) is 0.136. The summed E-state index contributed by atoms with van der Waals surface area (Å²) in [7, 11) is 0. The molecular weight excluding hydrogens is 158 g/mol. The van der Waals surface area contributed by atoms with Gasteiger partial charge in [0.15, 0.2) is 0 Å². The first kappa shape index (κ1) is 11.4. The molecule has 0 aromatic rings. The molecule has 0 aliphatic carbocycles. The molecule has 0 fully saturated rings. The summed E-state index contributed by atoms with van der Waals surface area (Å²) in [6.07, 6.45) is 0.0880. The van der Waals surface area contributed by atoms with Gasteiger partial charge in [-0.05, 0) is 12.3 Å². The molecule has 12 heavy (non-hydrogen) atoms. The van der Waals surface area contributed by atoms with Gasteiger partial charge in [-0.2, -0.15) is 0 Å². The third-order valence-corrected chi connectivity index (χ3v) is 1.81. The minimum atomic E-state index is -0.546. The van der Waals surface area contributed by atoms with E-state index in [1.807, 2.05) is 13.8 Å². The van der Waals surface area contributed by atoms with E-state index in [-0.39, 0.29) is 17.4 Å². The van der Waals surface area contributed by atoms with Gasteiger partial charge in [0.05, 0.1) is 6.10 Å². The third-order valence-electron chi connectivity index (χ3n) is 1.81. The second-order valence-electron chi connectivity index (χ2n) is 3.69. The Labute approximate surface area is 72.7 Å². The molecule has 2 unspecified atom stereocenters. The van der Waals surface area contributed by atoms with Crippen molar-refractivity contribution in [3.8, 4) is 0 Å². The van der Waals surface area contributed by atoms with Crippen LogP contribution in [0.25, 0.3) is 0 Å². The highest BCUT2D eigenvalue weighted by Crippen LogP contribution is 2.12. The molecule has 0 aliphatic heterocycles. The molecule has 0 aromatic heterocycles. The Morgan fingerprint density at radius 2 is 1.92 bits per heavy atom. The van der Waals surface area contributed by atoms with Crippen molar-refractivity contribution in [2.75, 3.05) is 6.54 Å². The average molecular weight is 175 g/mol. The first-order valence-electron chi connectivity index (χ1n) is 4.23. The monoisotopic (exact) mass is 175 g/mol. The van der Waals surface area contributed by atoms with Crippen molar-refractivity contribution in [3.05, 3.63) is 10.1 Å². The predicted octanol–water partition coefficient (Wildman–Crippen LogP) is 1.31. The van der Waals surface area contributed by atoms with Gasteiger partial charge in [-0.15, -0.1) is 0 Å². The zero-order valence-electron chi connectivity index (χ0n) is 7.86. The molecule has 0 radical (unpaired) electrons. The topological polar surface area (TPSA) is 63.4 Å². The summed E-state index contributed by atoms with van der Waals surface area (Å²) in [6.45, 7) is 5.54. The molecule has 0 bridgehead atoms. The SMILES string of the molecule is CC(C)CC(O)C(C)C[N+](=O)[O-]. The molecule has 0 aromatic carbocycles. The fourth-order valence-electron chi connectivity index (χ4n) is 1.07. The fraction of sp³-hybridized carbons (Fsp3) is 1.00. The number of nitro groups is 1. The smallest absolute Gasteiger partial charge is 0.208 e. The molecule has 4 heteroatoms. The quantitative estimate of drug-likeness (QED) is 0.506. The van der Waals surface area contributed by atoms with Gasteiger partial charge >= 0.3 is 0 Å². The van der Waals surface area contributed by atoms with Crippen LogP contribution in [0.5, 0.6) is 0 Å². The Balaban J connectivity index is 3.76. The summed E-state index contributed by atoms with van der Waals surface area (Å²) in [5.41, 5.74) is 0. The molecular formula is C8H17NO3. The van der Waals surface area contributed by atoms with Crippen molar-refractivity contribution in [2.45, 2.75) is 33.3 Å². The Morgan fingerprint density at radius 3 is 2.25 bits per heavy atom. The summed E-state index contributed by atoms with van der Waals surface area (Å²) in [6, 6.07) is 0. The largest absolute Gasteiger partial charge is 0.393 e. The fourth-order valence-corrected chi connectivity index (χ4v) is 1.07. The van der Waals surface area contributed by atoms with E-state index < -0.39 is 6.10 Å². The number of aliphatic hydroxyl groups is 1. The van der Waals surface area contributed by atoms with Gasteiger partial charge in [0.25, 0.3) is 0 Å². The van der Waals surface area contributed by atoms with Crippen molar-refractivity contribution in [1.82, 2.24) is 0 Å². The highest BCUT2D eigenvalue weighted by molar-refractivity contribution is 4.65. The Morgan fingerprint density at radius 1 is 1.42 bits per heavy atom. The zero-order valence-corrected chi connectivity index (χ0v) is 7.86. The van der Waals surface area contributed by atoms with E-state index in [0.29, 0.717) is 12.3 Å². The number of aliphatic hydroxyl groups excluding tert-OH is 1. The molecule has 72 valence electrons. The van der Waals surface area contributed by atoms with Crippen LogP contribution in [0.15, 0.2) is 0 Å². The lowest BCUT2D eigenvalue weighted by molar-refractivity contribution is -0.489. The molecule has 0 heterocycles. The first-order chi connectivity index (χ1) is 5.43. The number of nitrogens with zero attached hydrogens (tertiary/aromatic N) is 1. The maximum absolute atomic E-state index is 10.1. The number of hydrogen-bond donors (Lipinski definition) is 1. The van der Waals surface area contributed by atoms with Crippen LogP contribution in [0.4, 0.5) is 0 Å². The van der Waals surface area contributed by atoms with Gasteiger partial charge in [-0.25, -0.2) is 0 Å². The predicted molar refractivity (Wildman–Crippen MR) is 46.5 cm³/mol. The molecule has 0 spiro atoms. The van der Waals surface area contributed by atoms with Crippen molar-refractivity contribution in [3.63, 3.8) is 0 Å². The molecule has 2 atom stereocenters. The Bertz CT molecular complexity index is 147. The Kier molecular flexibility index (Phi) is 4.81. The van der Waals surface area contributed by atoms with Crippen LogP contribution in [0.3, 0.4) is 0 Å². The van der Waals surface area contributed by atoms with Crippen LogP contribution in [-0.4, -0.2) is 22.7 Å². The van der Waals surface area contributed by atoms with Crippen LogP contribution >= 0.6 is 0 Å². The molecule has 1 N–H and O–H groups in total. The van der Waals surface area contributed by atoms with E-state index >= 15 is 0 Å². The highest BCUT2D eigenvalue weighted by atomic mass is 16.6. The van der Waals surface area contributed by atoms with Crippen molar-refractivity contribution in [1.29, 1.82) is 0 Å². The number of hydrogen-bond acceptors (Lipinski definition) is 3. The van der Waals surface area contributed by atoms with Gasteiger partial charge in [0, 0.05) is 10.8 Å². The lowest BCUT2D eigenvalue weighted by Crippen LogP contribution is -2.26. The van der Waals surface area contributed by atoms with Crippen molar-refractivity contribution < 1.29 is 10.0 Å². The van der Waals surface area contributed by atoms with E-state index in [9.17, 15) is 15.2 Å². The van der Waals surface area contributed by atoms with Crippen LogP contribution < -0.4 is 0 Å². The number of rotatable bonds is 5. The van der Waals surface area contributed by atoms with Gasteiger partial charge in [-0.3, -0.25) is 10.1 Å². The maximum Gasteiger partial charge on any atom is 0.208 e. The third kappa shape index (κ3) is 5.07. The van der Waals surface area contributed by atoms with Gasteiger partial charge in [0.2, 0.25) is 6.54 Å². The second kappa shape index (κ2) is 5.09. The Hall–Kier alpha value is -0.640. The van der Waals surface area contributed by atoms with E-state index in [1.54, 1.807) is 6.92 Å². The molecule has 4 nitrogen and oxygen atoms in total. The van der Waals surface area contributed by atoms with Crippen molar-refractivity contribution >= 4 is 0 Å². The van der Waals surface area contributed by atoms with E-state index in [2.05, 4.69) is 0 Å². The normalized spacial score (nSPS) is 16.1. The lowest BCUT2D eigenvalue weighted by Gasteiger charge is -2.16. The highest BCUT2D eigenvalue weighted by Gasteiger charge is 2.19. The summed E-state index contributed by atoms with van der Waals surface area (Å²) >= 11 is 0. The minimum Gasteiger partial charge on any atom is -0.393 e. The van der Waals surface area contributed by atoms with E-state index in [0.717, 1.165) is 0 Å². The molecule has 0 saturated heterocycles. The van der Waals surface area contributed by atoms with Gasteiger partial charge in [-0.1, -0.05) is 20.8 Å². The average Bonchev–Trinajstić information content (AvgIpc) is 1.84. The van der Waals surface area contributed by atoms with E-state index in [4.69, 9.17) is 0 Å². The standard InChI is InChI=1S/C8H17NO3/c1-6(2)4-8(10)7(3)5-9(11)12/h6-8,10H,4-5H2,1-3H3. The summed E-state index contributed by atoms with van der Waals surface area (Å²) in [5, 5.41) is 19.5.